The van der Waals surface area contributed by atoms with Crippen molar-refractivity contribution in [2.75, 3.05) is 6.54 Å². The fraction of sp³-hybridized carbons (Fsp3) is 0.857. The molecule has 1 fully saturated rings. The topological polar surface area (TPSA) is 38.4 Å². The monoisotopic (exact) mass is 160 g/mol. The fourth-order valence-electron chi connectivity index (χ4n) is 1.87. The third-order valence-corrected chi connectivity index (χ3v) is 2.49. The van der Waals surface area contributed by atoms with Crippen LogP contribution in [0.5, 0.6) is 0 Å². The highest BCUT2D eigenvalue weighted by atomic mass is 35.5. The molecule has 1 aliphatic heterocycles. The lowest BCUT2D eigenvalue weighted by atomic mass is 10.0. The molecule has 0 saturated heterocycles. The van der Waals surface area contributed by atoms with Crippen molar-refractivity contribution < 1.29 is 0 Å². The summed E-state index contributed by atoms with van der Waals surface area (Å²) in [4.78, 5) is 4.25. The molecule has 0 aromatic rings. The van der Waals surface area contributed by atoms with Gasteiger partial charge in [-0.2, -0.15) is 0 Å². The number of amidine groups is 1. The molecule has 2 atom stereocenters. The van der Waals surface area contributed by atoms with E-state index in [0.717, 1.165) is 18.3 Å². The number of rotatable bonds is 0. The van der Waals surface area contributed by atoms with Gasteiger partial charge in [-0.1, -0.05) is 0 Å². The Labute approximate surface area is 67.3 Å². The summed E-state index contributed by atoms with van der Waals surface area (Å²) >= 11 is 0. The minimum Gasteiger partial charge on any atom is -0.387 e. The molecule has 0 aromatic heterocycles. The zero-order valence-corrected chi connectivity index (χ0v) is 6.73. The molecular weight excluding hydrogens is 148 g/mol. The fourth-order valence-corrected chi connectivity index (χ4v) is 1.87. The van der Waals surface area contributed by atoms with E-state index in [-0.39, 0.29) is 12.4 Å². The standard InChI is InChI=1S/C7H12N2.ClH/c8-7-6-2-1-5(3-6)4-9-7;/h5-6H,1-4H2,(H2,8,9);1H. The van der Waals surface area contributed by atoms with Gasteiger partial charge in [0.1, 0.15) is 0 Å². The number of nitrogens with two attached hydrogens (primary N) is 1. The van der Waals surface area contributed by atoms with Crippen molar-refractivity contribution in [2.45, 2.75) is 19.3 Å². The van der Waals surface area contributed by atoms with Crippen LogP contribution in [0.15, 0.2) is 4.99 Å². The maximum atomic E-state index is 5.67. The van der Waals surface area contributed by atoms with Crippen molar-refractivity contribution >= 4 is 18.2 Å². The molecule has 2 nitrogen and oxygen atoms in total. The Morgan fingerprint density at radius 2 is 2.20 bits per heavy atom. The number of fused-ring (bicyclic) bond motifs is 2. The van der Waals surface area contributed by atoms with Gasteiger partial charge in [-0.3, -0.25) is 4.99 Å². The summed E-state index contributed by atoms with van der Waals surface area (Å²) in [6, 6.07) is 0. The lowest BCUT2D eigenvalue weighted by Crippen LogP contribution is -2.25. The Balaban J connectivity index is 0.000000500. The summed E-state index contributed by atoms with van der Waals surface area (Å²) in [7, 11) is 0. The molecule has 1 aliphatic carbocycles. The molecule has 0 amide bonds. The predicted molar refractivity (Wildman–Crippen MR) is 44.6 cm³/mol. The van der Waals surface area contributed by atoms with Crippen LogP contribution in [0.2, 0.25) is 0 Å². The Hall–Kier alpha value is -0.240. The van der Waals surface area contributed by atoms with E-state index in [2.05, 4.69) is 4.99 Å². The number of hydrogen-bond acceptors (Lipinski definition) is 2. The maximum Gasteiger partial charge on any atom is 0.0968 e. The first-order valence-electron chi connectivity index (χ1n) is 3.66. The van der Waals surface area contributed by atoms with Gasteiger partial charge >= 0.3 is 0 Å². The molecule has 1 heterocycles. The van der Waals surface area contributed by atoms with Gasteiger partial charge in [0.25, 0.3) is 0 Å². The quantitative estimate of drug-likeness (QED) is 0.568. The summed E-state index contributed by atoms with van der Waals surface area (Å²) in [5.41, 5.74) is 5.67. The number of hydrogen-bond donors (Lipinski definition) is 1. The largest absolute Gasteiger partial charge is 0.387 e. The number of nitrogens with zero attached hydrogens (tertiary/aromatic N) is 1. The van der Waals surface area contributed by atoms with E-state index in [1.165, 1.54) is 19.3 Å². The van der Waals surface area contributed by atoms with Gasteiger partial charge in [-0.05, 0) is 25.2 Å². The average molecular weight is 161 g/mol. The lowest BCUT2D eigenvalue weighted by molar-refractivity contribution is 0.530. The van der Waals surface area contributed by atoms with Crippen molar-refractivity contribution in [1.82, 2.24) is 0 Å². The van der Waals surface area contributed by atoms with Crippen molar-refractivity contribution in [2.24, 2.45) is 22.6 Å². The molecule has 2 N–H and O–H groups in total. The zero-order valence-electron chi connectivity index (χ0n) is 5.92. The smallest absolute Gasteiger partial charge is 0.0968 e. The van der Waals surface area contributed by atoms with Crippen LogP contribution in [-0.2, 0) is 0 Å². The number of halogens is 1. The molecule has 1 saturated carbocycles. The second-order valence-electron chi connectivity index (χ2n) is 3.14. The Morgan fingerprint density at radius 3 is 2.90 bits per heavy atom. The Bertz CT molecular complexity index is 156. The summed E-state index contributed by atoms with van der Waals surface area (Å²) in [6.07, 6.45) is 3.96. The molecule has 2 rings (SSSR count). The van der Waals surface area contributed by atoms with Crippen LogP contribution in [0, 0.1) is 11.8 Å². The third-order valence-electron chi connectivity index (χ3n) is 2.49. The summed E-state index contributed by atoms with van der Waals surface area (Å²) in [5.74, 6) is 2.45. The van der Waals surface area contributed by atoms with Crippen molar-refractivity contribution in [3.63, 3.8) is 0 Å². The summed E-state index contributed by atoms with van der Waals surface area (Å²) in [6.45, 7) is 1.00. The summed E-state index contributed by atoms with van der Waals surface area (Å²) < 4.78 is 0. The molecule has 0 aromatic carbocycles. The van der Waals surface area contributed by atoms with Gasteiger partial charge in [-0.15, -0.1) is 12.4 Å². The second-order valence-corrected chi connectivity index (χ2v) is 3.14. The molecule has 58 valence electrons. The van der Waals surface area contributed by atoms with E-state index in [9.17, 15) is 0 Å². The van der Waals surface area contributed by atoms with Crippen LogP contribution in [-0.4, -0.2) is 12.4 Å². The van der Waals surface area contributed by atoms with E-state index in [1.807, 2.05) is 0 Å². The Morgan fingerprint density at radius 1 is 1.40 bits per heavy atom. The van der Waals surface area contributed by atoms with Crippen LogP contribution in [0.3, 0.4) is 0 Å². The van der Waals surface area contributed by atoms with Crippen molar-refractivity contribution in [1.29, 1.82) is 0 Å². The predicted octanol–water partition coefficient (Wildman–Crippen LogP) is 1.20. The highest BCUT2D eigenvalue weighted by molar-refractivity contribution is 5.85. The van der Waals surface area contributed by atoms with Crippen LogP contribution in [0.25, 0.3) is 0 Å². The van der Waals surface area contributed by atoms with E-state index < -0.39 is 0 Å². The first-order valence-corrected chi connectivity index (χ1v) is 3.66. The maximum absolute atomic E-state index is 5.67. The van der Waals surface area contributed by atoms with Crippen LogP contribution < -0.4 is 5.73 Å². The van der Waals surface area contributed by atoms with Crippen molar-refractivity contribution in [3.8, 4) is 0 Å². The van der Waals surface area contributed by atoms with Crippen LogP contribution >= 0.6 is 12.4 Å². The third kappa shape index (κ3) is 1.12. The van der Waals surface area contributed by atoms with E-state index in [4.69, 9.17) is 5.73 Å². The summed E-state index contributed by atoms with van der Waals surface area (Å²) in [5, 5.41) is 0. The van der Waals surface area contributed by atoms with E-state index >= 15 is 0 Å². The van der Waals surface area contributed by atoms with Crippen LogP contribution in [0.4, 0.5) is 0 Å². The molecule has 2 unspecified atom stereocenters. The van der Waals surface area contributed by atoms with Crippen LogP contribution in [0.1, 0.15) is 19.3 Å². The van der Waals surface area contributed by atoms with Gasteiger partial charge in [0.15, 0.2) is 0 Å². The highest BCUT2D eigenvalue weighted by Gasteiger charge is 2.30. The van der Waals surface area contributed by atoms with Crippen molar-refractivity contribution in [3.05, 3.63) is 0 Å². The lowest BCUT2D eigenvalue weighted by Gasteiger charge is -2.15. The molecule has 10 heavy (non-hydrogen) atoms. The molecule has 2 aliphatic rings. The minimum atomic E-state index is 0. The second kappa shape index (κ2) is 2.79. The zero-order chi connectivity index (χ0) is 6.27. The highest BCUT2D eigenvalue weighted by Crippen LogP contribution is 2.34. The molecule has 3 heteroatoms. The van der Waals surface area contributed by atoms with E-state index in [0.29, 0.717) is 5.92 Å². The molecular formula is C7H13ClN2. The first kappa shape index (κ1) is 7.86. The van der Waals surface area contributed by atoms with E-state index in [1.54, 1.807) is 0 Å². The minimum absolute atomic E-state index is 0. The molecule has 2 bridgehead atoms. The Kier molecular flexibility index (Phi) is 2.19. The normalized spacial score (nSPS) is 36.6. The van der Waals surface area contributed by atoms with Gasteiger partial charge in [0.2, 0.25) is 0 Å². The van der Waals surface area contributed by atoms with Gasteiger partial charge in [0, 0.05) is 12.5 Å². The molecule has 0 spiro atoms. The van der Waals surface area contributed by atoms with Gasteiger partial charge in [-0.25, -0.2) is 0 Å². The SMILES string of the molecule is Cl.NC1=NCC2CCC1C2. The first-order chi connectivity index (χ1) is 4.36. The molecule has 0 radical (unpaired) electrons. The number of aliphatic imine (C=N–C) groups is 1. The van der Waals surface area contributed by atoms with Gasteiger partial charge in [0.05, 0.1) is 5.84 Å². The average Bonchev–Trinajstić information content (AvgIpc) is 2.25. The van der Waals surface area contributed by atoms with Gasteiger partial charge < -0.3 is 5.73 Å².